The Kier molecular flexibility index (Phi) is 4.38. The molecule has 20 heavy (non-hydrogen) atoms. The number of nitrogens with zero attached hydrogens (tertiary/aromatic N) is 4. The van der Waals surface area contributed by atoms with Crippen LogP contribution in [0, 0.1) is 0 Å². The van der Waals surface area contributed by atoms with Crippen molar-refractivity contribution < 1.29 is 0 Å². The second kappa shape index (κ2) is 6.24. The molecule has 2 heterocycles. The number of rotatable bonds is 3. The van der Waals surface area contributed by atoms with E-state index in [-0.39, 0.29) is 0 Å². The number of aromatic nitrogens is 3. The van der Waals surface area contributed by atoms with E-state index in [1.165, 1.54) is 5.56 Å². The summed E-state index contributed by atoms with van der Waals surface area (Å²) in [7, 11) is 0. The summed E-state index contributed by atoms with van der Waals surface area (Å²) in [5.74, 6) is 0. The second-order valence-corrected chi connectivity index (χ2v) is 6.44. The minimum absolute atomic E-state index is 0.478. The standard InChI is InChI=1S/C14H16BrClN4/c15-12-1-2-14(16)11(7-12)8-19-5-3-13(4-6-19)20-10-17-9-18-20/h1-2,7,9-10,13H,3-6,8H2. The Morgan fingerprint density at radius 2 is 2.10 bits per heavy atom. The van der Waals surface area contributed by atoms with Crippen LogP contribution in [-0.4, -0.2) is 32.8 Å². The van der Waals surface area contributed by atoms with Gasteiger partial charge in [-0.15, -0.1) is 0 Å². The van der Waals surface area contributed by atoms with E-state index in [4.69, 9.17) is 11.6 Å². The van der Waals surface area contributed by atoms with Crippen LogP contribution in [0.5, 0.6) is 0 Å². The lowest BCUT2D eigenvalue weighted by molar-refractivity contribution is 0.173. The predicted octanol–water partition coefficient (Wildman–Crippen LogP) is 3.53. The quantitative estimate of drug-likeness (QED) is 0.844. The molecule has 1 aromatic carbocycles. The van der Waals surface area contributed by atoms with Gasteiger partial charge in [0.15, 0.2) is 0 Å². The van der Waals surface area contributed by atoms with Crippen molar-refractivity contribution in [3.05, 3.63) is 45.9 Å². The SMILES string of the molecule is Clc1ccc(Br)cc1CN1CCC(n2cncn2)CC1. The minimum atomic E-state index is 0.478. The number of piperidine rings is 1. The van der Waals surface area contributed by atoms with Gasteiger partial charge >= 0.3 is 0 Å². The lowest BCUT2D eigenvalue weighted by atomic mass is 10.0. The molecule has 0 saturated carbocycles. The lowest BCUT2D eigenvalue weighted by Gasteiger charge is -2.32. The van der Waals surface area contributed by atoms with Crippen LogP contribution < -0.4 is 0 Å². The maximum absolute atomic E-state index is 6.26. The van der Waals surface area contributed by atoms with Gasteiger partial charge in [-0.3, -0.25) is 4.90 Å². The van der Waals surface area contributed by atoms with E-state index in [2.05, 4.69) is 37.0 Å². The van der Waals surface area contributed by atoms with E-state index >= 15 is 0 Å². The highest BCUT2D eigenvalue weighted by Gasteiger charge is 2.21. The Morgan fingerprint density at radius 1 is 1.30 bits per heavy atom. The van der Waals surface area contributed by atoms with E-state index < -0.39 is 0 Å². The van der Waals surface area contributed by atoms with Crippen molar-refractivity contribution >= 4 is 27.5 Å². The molecule has 3 rings (SSSR count). The van der Waals surface area contributed by atoms with E-state index in [1.807, 2.05) is 23.1 Å². The smallest absolute Gasteiger partial charge is 0.137 e. The van der Waals surface area contributed by atoms with Gasteiger partial charge in [0.2, 0.25) is 0 Å². The number of halogens is 2. The third-order valence-corrected chi connectivity index (χ3v) is 4.63. The lowest BCUT2D eigenvalue weighted by Crippen LogP contribution is -2.34. The first-order chi connectivity index (χ1) is 9.72. The fourth-order valence-electron chi connectivity index (χ4n) is 2.65. The largest absolute Gasteiger partial charge is 0.299 e. The van der Waals surface area contributed by atoms with Crippen molar-refractivity contribution in [2.45, 2.75) is 25.4 Å². The monoisotopic (exact) mass is 354 g/mol. The highest BCUT2D eigenvalue weighted by Crippen LogP contribution is 2.26. The van der Waals surface area contributed by atoms with Gasteiger partial charge in [0.25, 0.3) is 0 Å². The molecule has 6 heteroatoms. The molecule has 1 fully saturated rings. The van der Waals surface area contributed by atoms with Crippen LogP contribution in [0.3, 0.4) is 0 Å². The highest BCUT2D eigenvalue weighted by atomic mass is 79.9. The molecule has 0 atom stereocenters. The van der Waals surface area contributed by atoms with Gasteiger partial charge in [-0.05, 0) is 36.6 Å². The van der Waals surface area contributed by atoms with E-state index in [0.717, 1.165) is 42.0 Å². The molecule has 0 N–H and O–H groups in total. The predicted molar refractivity (Wildman–Crippen MR) is 82.7 cm³/mol. The molecule has 0 radical (unpaired) electrons. The summed E-state index contributed by atoms with van der Waals surface area (Å²) in [5, 5.41) is 5.07. The third kappa shape index (κ3) is 3.22. The van der Waals surface area contributed by atoms with Crippen LogP contribution in [0.25, 0.3) is 0 Å². The summed E-state index contributed by atoms with van der Waals surface area (Å²) in [4.78, 5) is 6.47. The van der Waals surface area contributed by atoms with Crippen molar-refractivity contribution in [1.29, 1.82) is 0 Å². The Balaban J connectivity index is 1.60. The van der Waals surface area contributed by atoms with Gasteiger partial charge < -0.3 is 0 Å². The van der Waals surface area contributed by atoms with Crippen molar-refractivity contribution in [2.24, 2.45) is 0 Å². The summed E-state index contributed by atoms with van der Waals surface area (Å²) >= 11 is 9.76. The maximum atomic E-state index is 6.26. The summed E-state index contributed by atoms with van der Waals surface area (Å²) < 4.78 is 3.05. The van der Waals surface area contributed by atoms with Gasteiger partial charge in [0.1, 0.15) is 12.7 Å². The molecule has 0 unspecified atom stereocenters. The fraction of sp³-hybridized carbons (Fsp3) is 0.429. The first-order valence-electron chi connectivity index (χ1n) is 6.73. The van der Waals surface area contributed by atoms with Crippen molar-refractivity contribution in [1.82, 2.24) is 19.7 Å². The highest BCUT2D eigenvalue weighted by molar-refractivity contribution is 9.10. The maximum Gasteiger partial charge on any atom is 0.137 e. The topological polar surface area (TPSA) is 34.0 Å². The number of benzene rings is 1. The van der Waals surface area contributed by atoms with Crippen LogP contribution in [-0.2, 0) is 6.54 Å². The average molecular weight is 356 g/mol. The number of hydrogen-bond acceptors (Lipinski definition) is 3. The van der Waals surface area contributed by atoms with Crippen LogP contribution >= 0.6 is 27.5 Å². The summed E-state index contributed by atoms with van der Waals surface area (Å²) in [5.41, 5.74) is 1.18. The molecule has 106 valence electrons. The van der Waals surface area contributed by atoms with Gasteiger partial charge in [0.05, 0.1) is 6.04 Å². The first kappa shape index (κ1) is 14.0. The van der Waals surface area contributed by atoms with Gasteiger partial charge in [-0.1, -0.05) is 27.5 Å². The van der Waals surface area contributed by atoms with E-state index in [0.29, 0.717) is 6.04 Å². The van der Waals surface area contributed by atoms with Crippen molar-refractivity contribution in [2.75, 3.05) is 13.1 Å². The van der Waals surface area contributed by atoms with Gasteiger partial charge in [0, 0.05) is 29.1 Å². The first-order valence-corrected chi connectivity index (χ1v) is 7.90. The molecule has 2 aromatic rings. The fourth-order valence-corrected chi connectivity index (χ4v) is 3.24. The van der Waals surface area contributed by atoms with Gasteiger partial charge in [-0.25, -0.2) is 9.67 Å². The Bertz CT molecular complexity index is 565. The Labute approximate surface area is 131 Å². The number of hydrogen-bond donors (Lipinski definition) is 0. The normalized spacial score (nSPS) is 17.5. The summed E-state index contributed by atoms with van der Waals surface area (Å²) in [6.07, 6.45) is 5.63. The zero-order valence-electron chi connectivity index (χ0n) is 11.0. The van der Waals surface area contributed by atoms with Gasteiger partial charge in [-0.2, -0.15) is 5.10 Å². The molecule has 4 nitrogen and oxygen atoms in total. The molecule has 1 aliphatic heterocycles. The molecule has 0 spiro atoms. The molecular formula is C14H16BrClN4. The minimum Gasteiger partial charge on any atom is -0.299 e. The zero-order valence-corrected chi connectivity index (χ0v) is 13.4. The number of likely N-dealkylation sites (tertiary alicyclic amines) is 1. The zero-order chi connectivity index (χ0) is 13.9. The van der Waals surface area contributed by atoms with E-state index in [1.54, 1.807) is 6.33 Å². The molecular weight excluding hydrogens is 340 g/mol. The molecule has 0 bridgehead atoms. The summed E-state index contributed by atoms with van der Waals surface area (Å²) in [6, 6.07) is 6.50. The average Bonchev–Trinajstić information content (AvgIpc) is 2.98. The third-order valence-electron chi connectivity index (χ3n) is 3.77. The Hall–Kier alpha value is -0.910. The molecule has 1 saturated heterocycles. The molecule has 0 aliphatic carbocycles. The Morgan fingerprint density at radius 3 is 2.80 bits per heavy atom. The second-order valence-electron chi connectivity index (χ2n) is 5.12. The van der Waals surface area contributed by atoms with Crippen molar-refractivity contribution in [3.63, 3.8) is 0 Å². The van der Waals surface area contributed by atoms with Crippen LogP contribution in [0.4, 0.5) is 0 Å². The van der Waals surface area contributed by atoms with Crippen LogP contribution in [0.1, 0.15) is 24.4 Å². The molecule has 1 aromatic heterocycles. The summed E-state index contributed by atoms with van der Waals surface area (Å²) in [6.45, 7) is 3.03. The molecule has 1 aliphatic rings. The van der Waals surface area contributed by atoms with Crippen molar-refractivity contribution in [3.8, 4) is 0 Å². The van der Waals surface area contributed by atoms with E-state index in [9.17, 15) is 0 Å². The van der Waals surface area contributed by atoms with Crippen LogP contribution in [0.2, 0.25) is 5.02 Å². The molecule has 0 amide bonds. The van der Waals surface area contributed by atoms with Crippen LogP contribution in [0.15, 0.2) is 35.3 Å².